The molecule has 21 heavy (non-hydrogen) atoms. The molecule has 0 bridgehead atoms. The van der Waals surface area contributed by atoms with Crippen LogP contribution in [0.4, 0.5) is 0 Å². The molecule has 0 aromatic heterocycles. The van der Waals surface area contributed by atoms with Crippen LogP contribution in [0.15, 0.2) is 27.6 Å². The third-order valence-electron chi connectivity index (χ3n) is 2.75. The summed E-state index contributed by atoms with van der Waals surface area (Å²) in [5, 5.41) is 0. The van der Waals surface area contributed by atoms with Crippen LogP contribution in [0, 0.1) is 0 Å². The van der Waals surface area contributed by atoms with Crippen LogP contribution in [0.25, 0.3) is 0 Å². The minimum Gasteiger partial charge on any atom is -0.496 e. The summed E-state index contributed by atoms with van der Waals surface area (Å²) in [7, 11) is -1.95. The van der Waals surface area contributed by atoms with Gasteiger partial charge in [-0.25, -0.2) is 13.1 Å². The third-order valence-corrected chi connectivity index (χ3v) is 4.83. The topological polar surface area (TPSA) is 64.6 Å². The van der Waals surface area contributed by atoms with Gasteiger partial charge in [0.2, 0.25) is 10.0 Å². The van der Waals surface area contributed by atoms with Crippen molar-refractivity contribution in [1.82, 2.24) is 4.72 Å². The molecule has 0 unspecified atom stereocenters. The molecule has 120 valence electrons. The maximum atomic E-state index is 12.1. The zero-order chi connectivity index (χ0) is 15.9. The van der Waals surface area contributed by atoms with Gasteiger partial charge in [-0.15, -0.1) is 0 Å². The van der Waals surface area contributed by atoms with Gasteiger partial charge in [0.05, 0.1) is 22.6 Å². The number of nitrogens with one attached hydrogen (secondary N) is 1. The number of unbranched alkanes of at least 4 members (excludes halogenated alkanes) is 1. The fourth-order valence-corrected chi connectivity index (χ4v) is 3.44. The van der Waals surface area contributed by atoms with Gasteiger partial charge in [0.15, 0.2) is 0 Å². The van der Waals surface area contributed by atoms with Gasteiger partial charge in [-0.3, -0.25) is 0 Å². The smallest absolute Gasteiger partial charge is 0.240 e. The largest absolute Gasteiger partial charge is 0.496 e. The van der Waals surface area contributed by atoms with E-state index in [1.807, 2.05) is 13.8 Å². The molecule has 1 N–H and O–H groups in total. The van der Waals surface area contributed by atoms with Gasteiger partial charge < -0.3 is 9.47 Å². The molecule has 0 aliphatic heterocycles. The first kappa shape index (κ1) is 18.4. The molecule has 1 aromatic rings. The lowest BCUT2D eigenvalue weighted by atomic mass is 10.3. The Morgan fingerprint density at radius 1 is 1.29 bits per heavy atom. The Hall–Kier alpha value is -0.630. The Kier molecular flexibility index (Phi) is 7.65. The SMILES string of the molecule is COc1ccc(S(=O)(=O)NCCCCOC(C)C)cc1Br. The van der Waals surface area contributed by atoms with Crippen molar-refractivity contribution in [3.05, 3.63) is 22.7 Å². The van der Waals surface area contributed by atoms with Crippen molar-refractivity contribution in [1.29, 1.82) is 0 Å². The standard InChI is InChI=1S/C14H22BrNO4S/c1-11(2)20-9-5-4-8-16-21(17,18)12-6-7-14(19-3)13(15)10-12/h6-7,10-11,16H,4-5,8-9H2,1-3H3. The van der Waals surface area contributed by atoms with Crippen LogP contribution in [0.1, 0.15) is 26.7 Å². The Bertz CT molecular complexity index is 546. The molecule has 0 spiro atoms. The minimum absolute atomic E-state index is 0.207. The Morgan fingerprint density at radius 2 is 2.00 bits per heavy atom. The number of benzene rings is 1. The number of halogens is 1. The Morgan fingerprint density at radius 3 is 2.57 bits per heavy atom. The van der Waals surface area contributed by atoms with Gasteiger partial charge in [0, 0.05) is 13.2 Å². The van der Waals surface area contributed by atoms with Crippen LogP contribution in [0.3, 0.4) is 0 Å². The Balaban J connectivity index is 2.48. The molecule has 0 radical (unpaired) electrons. The summed E-state index contributed by atoms with van der Waals surface area (Å²) in [6.07, 6.45) is 1.77. The lowest BCUT2D eigenvalue weighted by molar-refractivity contribution is 0.0762. The highest BCUT2D eigenvalue weighted by molar-refractivity contribution is 9.10. The first-order valence-corrected chi connectivity index (χ1v) is 9.09. The molecule has 7 heteroatoms. The lowest BCUT2D eigenvalue weighted by Crippen LogP contribution is -2.25. The summed E-state index contributed by atoms with van der Waals surface area (Å²) in [4.78, 5) is 0.216. The summed E-state index contributed by atoms with van der Waals surface area (Å²) in [6, 6.07) is 4.67. The van der Waals surface area contributed by atoms with Gasteiger partial charge in [-0.05, 0) is 60.8 Å². The minimum atomic E-state index is -3.49. The van der Waals surface area contributed by atoms with E-state index in [9.17, 15) is 8.42 Å². The number of rotatable bonds is 9. The van der Waals surface area contributed by atoms with Crippen LogP contribution in [0.2, 0.25) is 0 Å². The average Bonchev–Trinajstić information content (AvgIpc) is 2.42. The second-order valence-corrected chi connectivity index (χ2v) is 7.44. The van der Waals surface area contributed by atoms with Gasteiger partial charge in [0.25, 0.3) is 0 Å². The fourth-order valence-electron chi connectivity index (χ4n) is 1.65. The maximum absolute atomic E-state index is 12.1. The second kappa shape index (κ2) is 8.73. The van der Waals surface area contributed by atoms with E-state index in [2.05, 4.69) is 20.7 Å². The molecule has 0 atom stereocenters. The van der Waals surface area contributed by atoms with Crippen LogP contribution >= 0.6 is 15.9 Å². The molecule has 0 saturated heterocycles. The van der Waals surface area contributed by atoms with Crippen molar-refractivity contribution in [2.45, 2.75) is 37.7 Å². The van der Waals surface area contributed by atoms with E-state index in [1.165, 1.54) is 19.2 Å². The third kappa shape index (κ3) is 6.34. The molecule has 1 aromatic carbocycles. The van der Waals surface area contributed by atoms with Gasteiger partial charge >= 0.3 is 0 Å². The van der Waals surface area contributed by atoms with Gasteiger partial charge in [-0.2, -0.15) is 0 Å². The quantitative estimate of drug-likeness (QED) is 0.669. The molecule has 1 rings (SSSR count). The van der Waals surface area contributed by atoms with E-state index in [1.54, 1.807) is 6.07 Å². The van der Waals surface area contributed by atoms with E-state index < -0.39 is 10.0 Å². The highest BCUT2D eigenvalue weighted by Gasteiger charge is 2.15. The predicted octanol–water partition coefficient (Wildman–Crippen LogP) is 2.94. The van der Waals surface area contributed by atoms with Crippen LogP contribution in [0.5, 0.6) is 5.75 Å². The fraction of sp³-hybridized carbons (Fsp3) is 0.571. The van der Waals surface area contributed by atoms with E-state index in [-0.39, 0.29) is 11.0 Å². The first-order chi connectivity index (χ1) is 9.86. The van der Waals surface area contributed by atoms with E-state index in [0.717, 1.165) is 12.8 Å². The molecular formula is C14H22BrNO4S. The monoisotopic (exact) mass is 379 g/mol. The van der Waals surface area contributed by atoms with Crippen LogP contribution in [-0.2, 0) is 14.8 Å². The summed E-state index contributed by atoms with van der Waals surface area (Å²) in [6.45, 7) is 5.00. The molecule has 0 aliphatic carbocycles. The van der Waals surface area contributed by atoms with Crippen LogP contribution in [-0.4, -0.2) is 34.8 Å². The van der Waals surface area contributed by atoms with Gasteiger partial charge in [-0.1, -0.05) is 0 Å². The predicted molar refractivity (Wildman–Crippen MR) is 86.2 cm³/mol. The summed E-state index contributed by atoms with van der Waals surface area (Å²) in [5.41, 5.74) is 0. The molecule has 0 amide bonds. The second-order valence-electron chi connectivity index (χ2n) is 4.82. The van der Waals surface area contributed by atoms with Crippen molar-refractivity contribution in [3.8, 4) is 5.75 Å². The molecule has 0 aliphatic rings. The normalized spacial score (nSPS) is 11.9. The van der Waals surface area contributed by atoms with E-state index >= 15 is 0 Å². The zero-order valence-electron chi connectivity index (χ0n) is 12.6. The number of hydrogen-bond donors (Lipinski definition) is 1. The van der Waals surface area contributed by atoms with Crippen LogP contribution < -0.4 is 9.46 Å². The number of methoxy groups -OCH3 is 1. The first-order valence-electron chi connectivity index (χ1n) is 6.81. The van der Waals surface area contributed by atoms with Crippen molar-refractivity contribution < 1.29 is 17.9 Å². The van der Waals surface area contributed by atoms with Crippen molar-refractivity contribution in [3.63, 3.8) is 0 Å². The summed E-state index contributed by atoms with van der Waals surface area (Å²) < 4.78 is 37.9. The lowest BCUT2D eigenvalue weighted by Gasteiger charge is -2.10. The highest BCUT2D eigenvalue weighted by Crippen LogP contribution is 2.27. The van der Waals surface area contributed by atoms with Gasteiger partial charge in [0.1, 0.15) is 5.75 Å². The van der Waals surface area contributed by atoms with Crippen molar-refractivity contribution >= 4 is 26.0 Å². The molecule has 0 saturated carbocycles. The molecule has 0 heterocycles. The molecule has 5 nitrogen and oxygen atoms in total. The average molecular weight is 380 g/mol. The summed E-state index contributed by atoms with van der Waals surface area (Å²) >= 11 is 3.28. The Labute approximate surface area is 135 Å². The number of sulfonamides is 1. The zero-order valence-corrected chi connectivity index (χ0v) is 15.0. The highest BCUT2D eigenvalue weighted by atomic mass is 79.9. The molecular weight excluding hydrogens is 358 g/mol. The van der Waals surface area contributed by atoms with E-state index in [0.29, 0.717) is 23.4 Å². The van der Waals surface area contributed by atoms with E-state index in [4.69, 9.17) is 9.47 Å². The van der Waals surface area contributed by atoms with Crippen molar-refractivity contribution in [2.75, 3.05) is 20.3 Å². The maximum Gasteiger partial charge on any atom is 0.240 e. The van der Waals surface area contributed by atoms with Crippen molar-refractivity contribution in [2.24, 2.45) is 0 Å². The molecule has 0 fully saturated rings. The number of hydrogen-bond acceptors (Lipinski definition) is 4. The number of ether oxygens (including phenoxy) is 2. The summed E-state index contributed by atoms with van der Waals surface area (Å²) in [5.74, 6) is 0.597.